The van der Waals surface area contributed by atoms with Crippen LogP contribution < -0.4 is 9.57 Å². The minimum atomic E-state index is -0.437. The van der Waals surface area contributed by atoms with Crippen molar-refractivity contribution < 1.29 is 14.0 Å². The first-order valence-electron chi connectivity index (χ1n) is 7.81. The van der Waals surface area contributed by atoms with Crippen molar-refractivity contribution in [2.24, 2.45) is 0 Å². The van der Waals surface area contributed by atoms with Crippen LogP contribution in [0.5, 0.6) is 11.5 Å². The van der Waals surface area contributed by atoms with Gasteiger partial charge in [0, 0.05) is 10.9 Å². The van der Waals surface area contributed by atoms with Crippen LogP contribution in [0.25, 0.3) is 22.2 Å². The third-order valence-corrected chi connectivity index (χ3v) is 3.94. The lowest BCUT2D eigenvalue weighted by atomic mass is 10.1. The van der Waals surface area contributed by atoms with Crippen LogP contribution >= 0.6 is 0 Å². The Hall–Kier alpha value is -3.34. The summed E-state index contributed by atoms with van der Waals surface area (Å²) >= 11 is 0. The quantitative estimate of drug-likeness (QED) is 0.543. The van der Waals surface area contributed by atoms with E-state index in [2.05, 4.69) is 5.10 Å². The summed E-state index contributed by atoms with van der Waals surface area (Å²) in [7, 11) is 1.63. The van der Waals surface area contributed by atoms with Crippen LogP contribution in [0.2, 0.25) is 0 Å². The van der Waals surface area contributed by atoms with Crippen LogP contribution in [0.4, 0.5) is 4.39 Å². The van der Waals surface area contributed by atoms with Gasteiger partial charge >= 0.3 is 0 Å². The van der Waals surface area contributed by atoms with E-state index in [0.29, 0.717) is 0 Å². The van der Waals surface area contributed by atoms with Crippen molar-refractivity contribution in [3.63, 3.8) is 0 Å². The minimum Gasteiger partial charge on any atom is -0.497 e. The molecular weight excluding hydrogens is 319 g/mol. The van der Waals surface area contributed by atoms with E-state index in [1.54, 1.807) is 25.3 Å². The largest absolute Gasteiger partial charge is 0.497 e. The predicted molar refractivity (Wildman–Crippen MR) is 94.1 cm³/mol. The van der Waals surface area contributed by atoms with Gasteiger partial charge in [-0.25, -0.2) is 4.39 Å². The number of nitrogens with zero attached hydrogens (tertiary/aromatic N) is 2. The molecule has 124 valence electrons. The lowest BCUT2D eigenvalue weighted by Gasteiger charge is -2.06. The Bertz CT molecular complexity index is 1030. The van der Waals surface area contributed by atoms with Crippen LogP contribution in [0.3, 0.4) is 0 Å². The van der Waals surface area contributed by atoms with Gasteiger partial charge < -0.3 is 9.57 Å². The molecule has 0 fully saturated rings. The van der Waals surface area contributed by atoms with Gasteiger partial charge in [0.05, 0.1) is 7.11 Å². The SMILES string of the molecule is COc1ccc(-c2nn(Oc3ccccc3F)c3ccccc23)cc1. The third-order valence-electron chi connectivity index (χ3n) is 3.94. The highest BCUT2D eigenvalue weighted by atomic mass is 19.1. The van der Waals surface area contributed by atoms with E-state index < -0.39 is 5.82 Å². The summed E-state index contributed by atoms with van der Waals surface area (Å²) in [6.07, 6.45) is 0. The zero-order valence-corrected chi connectivity index (χ0v) is 13.5. The van der Waals surface area contributed by atoms with Crippen LogP contribution in [0.15, 0.2) is 72.8 Å². The highest BCUT2D eigenvalue weighted by molar-refractivity contribution is 5.93. The Labute approximate surface area is 144 Å². The van der Waals surface area contributed by atoms with Crippen molar-refractivity contribution in [2.75, 3.05) is 7.11 Å². The maximum Gasteiger partial charge on any atom is 0.193 e. The highest BCUT2D eigenvalue weighted by Gasteiger charge is 2.14. The van der Waals surface area contributed by atoms with Gasteiger partial charge in [0.15, 0.2) is 11.6 Å². The molecule has 0 bridgehead atoms. The average Bonchev–Trinajstić information content (AvgIpc) is 3.02. The number of rotatable bonds is 4. The normalized spacial score (nSPS) is 10.8. The van der Waals surface area contributed by atoms with E-state index in [4.69, 9.17) is 9.57 Å². The molecule has 0 aliphatic heterocycles. The molecule has 25 heavy (non-hydrogen) atoms. The molecular formula is C20H15FN2O2. The van der Waals surface area contributed by atoms with Gasteiger partial charge in [-0.3, -0.25) is 0 Å². The molecule has 3 aromatic carbocycles. The molecule has 4 aromatic rings. The number of benzene rings is 3. The maximum atomic E-state index is 13.9. The van der Waals surface area contributed by atoms with Gasteiger partial charge in [0.2, 0.25) is 0 Å². The number of aromatic nitrogens is 2. The van der Waals surface area contributed by atoms with Crippen molar-refractivity contribution in [1.29, 1.82) is 0 Å². The highest BCUT2D eigenvalue weighted by Crippen LogP contribution is 2.29. The Kier molecular flexibility index (Phi) is 3.82. The second-order valence-corrected chi connectivity index (χ2v) is 5.49. The monoisotopic (exact) mass is 334 g/mol. The molecule has 0 aliphatic rings. The van der Waals surface area contributed by atoms with Crippen molar-refractivity contribution >= 4 is 10.9 Å². The molecule has 0 radical (unpaired) electrons. The number of para-hydroxylation sites is 2. The van der Waals surface area contributed by atoms with Crippen LogP contribution in [-0.2, 0) is 0 Å². The molecule has 4 rings (SSSR count). The van der Waals surface area contributed by atoms with Crippen molar-refractivity contribution in [3.05, 3.63) is 78.6 Å². The van der Waals surface area contributed by atoms with E-state index in [-0.39, 0.29) is 5.75 Å². The summed E-state index contributed by atoms with van der Waals surface area (Å²) in [5, 5.41) is 5.46. The Balaban J connectivity index is 1.82. The molecule has 4 nitrogen and oxygen atoms in total. The second-order valence-electron chi connectivity index (χ2n) is 5.49. The van der Waals surface area contributed by atoms with Gasteiger partial charge in [0.25, 0.3) is 0 Å². The Morgan fingerprint density at radius 1 is 0.880 bits per heavy atom. The molecule has 0 amide bonds. The molecule has 0 aliphatic carbocycles. The van der Waals surface area contributed by atoms with Crippen molar-refractivity contribution in [2.45, 2.75) is 0 Å². The molecule has 0 atom stereocenters. The van der Waals surface area contributed by atoms with Gasteiger partial charge in [-0.2, -0.15) is 0 Å². The lowest BCUT2D eigenvalue weighted by Crippen LogP contribution is -2.08. The third kappa shape index (κ3) is 2.80. The van der Waals surface area contributed by atoms with Crippen LogP contribution in [0, 0.1) is 5.82 Å². The van der Waals surface area contributed by atoms with E-state index in [1.807, 2.05) is 48.5 Å². The summed E-state index contributed by atoms with van der Waals surface area (Å²) in [5.41, 5.74) is 2.44. The molecule has 0 saturated carbocycles. The Morgan fingerprint density at radius 2 is 1.60 bits per heavy atom. The zero-order chi connectivity index (χ0) is 17.2. The smallest absolute Gasteiger partial charge is 0.193 e. The Morgan fingerprint density at radius 3 is 2.36 bits per heavy atom. The summed E-state index contributed by atoms with van der Waals surface area (Å²) in [6.45, 7) is 0. The number of methoxy groups -OCH3 is 1. The summed E-state index contributed by atoms with van der Waals surface area (Å²) in [5.74, 6) is 0.459. The van der Waals surface area contributed by atoms with E-state index in [9.17, 15) is 4.39 Å². The number of fused-ring (bicyclic) bond motifs is 1. The van der Waals surface area contributed by atoms with E-state index in [1.165, 1.54) is 10.9 Å². The topological polar surface area (TPSA) is 36.3 Å². The standard InChI is InChI=1S/C20H15FN2O2/c1-24-15-12-10-14(11-13-15)20-16-6-2-4-8-18(16)23(22-20)25-19-9-5-3-7-17(19)21/h2-13H,1H3. The van der Waals surface area contributed by atoms with Crippen LogP contribution in [0.1, 0.15) is 0 Å². The van der Waals surface area contributed by atoms with E-state index in [0.717, 1.165) is 27.9 Å². The van der Waals surface area contributed by atoms with E-state index >= 15 is 0 Å². The molecule has 0 saturated heterocycles. The molecule has 0 unspecified atom stereocenters. The first-order chi connectivity index (χ1) is 12.3. The van der Waals surface area contributed by atoms with Gasteiger partial charge in [-0.15, -0.1) is 5.10 Å². The zero-order valence-electron chi connectivity index (χ0n) is 13.5. The summed E-state index contributed by atoms with van der Waals surface area (Å²) in [6, 6.07) is 21.5. The number of ether oxygens (including phenoxy) is 1. The fraction of sp³-hybridized carbons (Fsp3) is 0.0500. The number of hydrogen-bond donors (Lipinski definition) is 0. The maximum absolute atomic E-state index is 13.9. The fourth-order valence-corrected chi connectivity index (χ4v) is 2.68. The minimum absolute atomic E-state index is 0.122. The molecule has 1 heterocycles. The fourth-order valence-electron chi connectivity index (χ4n) is 2.68. The number of hydrogen-bond acceptors (Lipinski definition) is 3. The van der Waals surface area contributed by atoms with Crippen molar-refractivity contribution in [3.8, 4) is 22.8 Å². The first-order valence-corrected chi connectivity index (χ1v) is 7.81. The molecule has 0 spiro atoms. The first kappa shape index (κ1) is 15.2. The predicted octanol–water partition coefficient (Wildman–Crippen LogP) is 4.69. The van der Waals surface area contributed by atoms with Gasteiger partial charge in [0.1, 0.15) is 17.0 Å². The number of halogens is 1. The molecule has 1 aromatic heterocycles. The van der Waals surface area contributed by atoms with Gasteiger partial charge in [-0.1, -0.05) is 35.2 Å². The van der Waals surface area contributed by atoms with Crippen LogP contribution in [-0.4, -0.2) is 17.1 Å². The average molecular weight is 334 g/mol. The van der Waals surface area contributed by atoms with Crippen molar-refractivity contribution in [1.82, 2.24) is 9.94 Å². The molecule has 5 heteroatoms. The lowest BCUT2D eigenvalue weighted by molar-refractivity contribution is 0.182. The van der Waals surface area contributed by atoms with Gasteiger partial charge in [-0.05, 0) is 42.5 Å². The summed E-state index contributed by atoms with van der Waals surface area (Å²) in [4.78, 5) is 7.03. The molecule has 0 N–H and O–H groups in total. The summed E-state index contributed by atoms with van der Waals surface area (Å²) < 4.78 is 19.1. The second kappa shape index (κ2) is 6.28.